The number of benzene rings is 3. The zero-order valence-electron chi connectivity index (χ0n) is 16.2. The van der Waals surface area contributed by atoms with E-state index in [9.17, 15) is 19.2 Å². The standard InChI is InChI=1S/C24H16ClNO5/c25-17-11-9-15(10-12-17)20(27)14-31-21(28)8-3-13-26-23(29)18-6-1-4-16-5-2-7-19(22(16)18)24(26)30/h1-12H,13-14H2/b8-3+. The summed E-state index contributed by atoms with van der Waals surface area (Å²) in [6.45, 7) is -0.523. The minimum absolute atomic E-state index is 0.0946. The van der Waals surface area contributed by atoms with Gasteiger partial charge >= 0.3 is 5.97 Å². The lowest BCUT2D eigenvalue weighted by molar-refractivity contribution is -0.136. The number of halogens is 1. The van der Waals surface area contributed by atoms with Crippen molar-refractivity contribution in [2.75, 3.05) is 13.2 Å². The molecule has 0 unspecified atom stereocenters. The molecular weight excluding hydrogens is 418 g/mol. The summed E-state index contributed by atoms with van der Waals surface area (Å²) < 4.78 is 4.94. The van der Waals surface area contributed by atoms with E-state index in [0.717, 1.165) is 16.4 Å². The van der Waals surface area contributed by atoms with Crippen molar-refractivity contribution in [2.24, 2.45) is 0 Å². The Bertz CT molecular complexity index is 1200. The van der Waals surface area contributed by atoms with Crippen LogP contribution in [-0.4, -0.2) is 41.6 Å². The Morgan fingerprint density at radius 1 is 0.903 bits per heavy atom. The summed E-state index contributed by atoms with van der Waals surface area (Å²) in [7, 11) is 0. The van der Waals surface area contributed by atoms with Crippen LogP contribution in [0.1, 0.15) is 31.1 Å². The molecule has 0 saturated heterocycles. The van der Waals surface area contributed by atoms with Gasteiger partial charge in [-0.1, -0.05) is 41.9 Å². The Labute approximate surface area is 182 Å². The Balaban J connectivity index is 1.39. The third-order valence-corrected chi connectivity index (χ3v) is 5.16. The summed E-state index contributed by atoms with van der Waals surface area (Å²) >= 11 is 5.78. The van der Waals surface area contributed by atoms with Gasteiger partial charge in [0.1, 0.15) is 0 Å². The van der Waals surface area contributed by atoms with E-state index in [2.05, 4.69) is 0 Å². The van der Waals surface area contributed by atoms with Crippen molar-refractivity contribution in [1.82, 2.24) is 4.90 Å². The molecule has 3 aromatic rings. The van der Waals surface area contributed by atoms with Crippen LogP contribution in [0.3, 0.4) is 0 Å². The fourth-order valence-electron chi connectivity index (χ4n) is 3.40. The predicted molar refractivity (Wildman–Crippen MR) is 115 cm³/mol. The molecule has 3 aromatic carbocycles. The van der Waals surface area contributed by atoms with Crippen LogP contribution >= 0.6 is 11.6 Å². The van der Waals surface area contributed by atoms with Gasteiger partial charge in [0.2, 0.25) is 0 Å². The second-order valence-corrected chi connectivity index (χ2v) is 7.31. The van der Waals surface area contributed by atoms with Gasteiger partial charge in [-0.2, -0.15) is 0 Å². The molecule has 1 aliphatic rings. The van der Waals surface area contributed by atoms with Crippen LogP contribution < -0.4 is 0 Å². The Hall–Kier alpha value is -3.77. The van der Waals surface area contributed by atoms with Crippen LogP contribution in [-0.2, 0) is 9.53 Å². The van der Waals surface area contributed by atoms with Crippen LogP contribution in [0.4, 0.5) is 0 Å². The van der Waals surface area contributed by atoms with E-state index in [1.54, 1.807) is 48.5 Å². The van der Waals surface area contributed by atoms with Gasteiger partial charge in [-0.25, -0.2) is 4.79 Å². The lowest BCUT2D eigenvalue weighted by Crippen LogP contribution is -2.40. The number of hydrogen-bond acceptors (Lipinski definition) is 5. The molecule has 0 atom stereocenters. The van der Waals surface area contributed by atoms with E-state index in [1.807, 2.05) is 12.1 Å². The molecule has 0 N–H and O–H groups in total. The third-order valence-electron chi connectivity index (χ3n) is 4.91. The first-order chi connectivity index (χ1) is 15.0. The number of amides is 2. The number of imide groups is 1. The first-order valence-corrected chi connectivity index (χ1v) is 9.83. The SMILES string of the molecule is O=C(/C=C/CN1C(=O)c2cccc3cccc(c23)C1=O)OCC(=O)c1ccc(Cl)cc1. The quantitative estimate of drug-likeness (QED) is 0.253. The molecule has 0 spiro atoms. The van der Waals surface area contributed by atoms with E-state index < -0.39 is 24.4 Å². The van der Waals surface area contributed by atoms with E-state index in [-0.39, 0.29) is 12.3 Å². The normalized spacial score (nSPS) is 13.1. The smallest absolute Gasteiger partial charge is 0.330 e. The predicted octanol–water partition coefficient (Wildman–Crippen LogP) is 4.07. The molecule has 2 amide bonds. The number of Topliss-reactive ketones (excluding diaryl/α,β-unsaturated/α-hetero) is 1. The minimum atomic E-state index is -0.748. The summed E-state index contributed by atoms with van der Waals surface area (Å²) in [5.74, 6) is -1.97. The molecule has 0 aliphatic carbocycles. The van der Waals surface area contributed by atoms with E-state index in [4.69, 9.17) is 16.3 Å². The Morgan fingerprint density at radius 3 is 2.13 bits per heavy atom. The van der Waals surface area contributed by atoms with E-state index in [0.29, 0.717) is 27.1 Å². The molecule has 0 bridgehead atoms. The highest BCUT2D eigenvalue weighted by molar-refractivity contribution is 6.30. The van der Waals surface area contributed by atoms with E-state index in [1.165, 1.54) is 6.08 Å². The van der Waals surface area contributed by atoms with Crippen molar-refractivity contribution >= 4 is 45.9 Å². The second kappa shape index (κ2) is 8.53. The van der Waals surface area contributed by atoms with Gasteiger partial charge in [0.15, 0.2) is 12.4 Å². The molecule has 154 valence electrons. The highest BCUT2D eigenvalue weighted by Gasteiger charge is 2.31. The monoisotopic (exact) mass is 433 g/mol. The van der Waals surface area contributed by atoms with Gasteiger partial charge in [0.25, 0.3) is 11.8 Å². The molecule has 1 aliphatic heterocycles. The zero-order valence-corrected chi connectivity index (χ0v) is 17.0. The van der Waals surface area contributed by atoms with Crippen LogP contribution in [0.25, 0.3) is 10.8 Å². The molecular formula is C24H16ClNO5. The fraction of sp³-hybridized carbons (Fsp3) is 0.0833. The molecule has 4 rings (SSSR count). The van der Waals surface area contributed by atoms with Gasteiger partial charge in [0, 0.05) is 39.7 Å². The van der Waals surface area contributed by atoms with Gasteiger partial charge in [-0.15, -0.1) is 0 Å². The minimum Gasteiger partial charge on any atom is -0.454 e. The van der Waals surface area contributed by atoms with Gasteiger partial charge in [0.05, 0.1) is 0 Å². The Morgan fingerprint density at radius 2 is 1.52 bits per heavy atom. The van der Waals surface area contributed by atoms with Crippen molar-refractivity contribution in [3.63, 3.8) is 0 Å². The van der Waals surface area contributed by atoms with E-state index >= 15 is 0 Å². The summed E-state index contributed by atoms with van der Waals surface area (Å²) in [5, 5.41) is 1.96. The average Bonchev–Trinajstić information content (AvgIpc) is 2.78. The van der Waals surface area contributed by atoms with Gasteiger partial charge in [-0.3, -0.25) is 19.3 Å². The van der Waals surface area contributed by atoms with Crippen LogP contribution in [0.5, 0.6) is 0 Å². The van der Waals surface area contributed by atoms with Crippen molar-refractivity contribution in [3.05, 3.63) is 94.5 Å². The zero-order chi connectivity index (χ0) is 22.0. The van der Waals surface area contributed by atoms with Crippen LogP contribution in [0, 0.1) is 0 Å². The van der Waals surface area contributed by atoms with Crippen molar-refractivity contribution in [1.29, 1.82) is 0 Å². The largest absolute Gasteiger partial charge is 0.454 e. The number of nitrogens with zero attached hydrogens (tertiary/aromatic N) is 1. The van der Waals surface area contributed by atoms with Crippen LogP contribution in [0.2, 0.25) is 5.02 Å². The summed E-state index contributed by atoms with van der Waals surface area (Å²) in [6.07, 6.45) is 2.45. The summed E-state index contributed by atoms with van der Waals surface area (Å²) in [5.41, 5.74) is 1.26. The number of ketones is 1. The maximum absolute atomic E-state index is 12.8. The Kier molecular flexibility index (Phi) is 5.64. The average molecular weight is 434 g/mol. The number of carbonyl (C=O) groups excluding carboxylic acids is 4. The third kappa shape index (κ3) is 4.11. The first-order valence-electron chi connectivity index (χ1n) is 9.45. The summed E-state index contributed by atoms with van der Waals surface area (Å²) in [4.78, 5) is 50.6. The highest BCUT2D eigenvalue weighted by Crippen LogP contribution is 2.29. The lowest BCUT2D eigenvalue weighted by Gasteiger charge is -2.26. The molecule has 6 nitrogen and oxygen atoms in total. The van der Waals surface area contributed by atoms with Crippen molar-refractivity contribution in [3.8, 4) is 0 Å². The van der Waals surface area contributed by atoms with Crippen molar-refractivity contribution in [2.45, 2.75) is 0 Å². The number of ether oxygens (including phenoxy) is 1. The number of esters is 1. The molecule has 0 radical (unpaired) electrons. The summed E-state index contributed by atoms with van der Waals surface area (Å²) in [6, 6.07) is 16.8. The van der Waals surface area contributed by atoms with Crippen LogP contribution in [0.15, 0.2) is 72.8 Å². The lowest BCUT2D eigenvalue weighted by atomic mass is 9.94. The number of hydrogen-bond donors (Lipinski definition) is 0. The molecule has 0 aromatic heterocycles. The fourth-order valence-corrected chi connectivity index (χ4v) is 3.53. The maximum Gasteiger partial charge on any atom is 0.330 e. The van der Waals surface area contributed by atoms with Gasteiger partial charge in [-0.05, 0) is 41.8 Å². The van der Waals surface area contributed by atoms with Gasteiger partial charge < -0.3 is 4.74 Å². The second-order valence-electron chi connectivity index (χ2n) is 6.87. The number of rotatable bonds is 6. The maximum atomic E-state index is 12.8. The molecule has 0 fully saturated rings. The van der Waals surface area contributed by atoms with Crippen molar-refractivity contribution < 1.29 is 23.9 Å². The number of carbonyl (C=O) groups is 4. The molecule has 7 heteroatoms. The topological polar surface area (TPSA) is 80.8 Å². The molecule has 31 heavy (non-hydrogen) atoms. The highest BCUT2D eigenvalue weighted by atomic mass is 35.5. The first kappa shape index (κ1) is 20.5. The molecule has 1 heterocycles. The molecule has 0 saturated carbocycles.